The summed E-state index contributed by atoms with van der Waals surface area (Å²) in [5, 5.41) is 3.22. The monoisotopic (exact) mass is 463 g/mol. The molecule has 0 saturated heterocycles. The van der Waals surface area contributed by atoms with Crippen molar-refractivity contribution in [3.8, 4) is 0 Å². The Labute approximate surface area is 187 Å². The first-order valence-electron chi connectivity index (χ1n) is 10.8. The van der Waals surface area contributed by atoms with Crippen molar-refractivity contribution in [3.63, 3.8) is 0 Å². The smallest absolute Gasteiger partial charge is 0.270 e. The third kappa shape index (κ3) is 6.43. The first-order chi connectivity index (χ1) is 14.9. The number of aromatic amines is 1. The van der Waals surface area contributed by atoms with Gasteiger partial charge < -0.3 is 10.3 Å². The molecule has 2 N–H and O–H groups in total. The van der Waals surface area contributed by atoms with Gasteiger partial charge in [-0.15, -0.1) is 0 Å². The molecule has 9 heteroatoms. The van der Waals surface area contributed by atoms with E-state index in [2.05, 4.69) is 22.2 Å². The van der Waals surface area contributed by atoms with Crippen LogP contribution in [0.3, 0.4) is 0 Å². The minimum atomic E-state index is -3.97. The number of hydrogen-bond acceptors (Lipinski definition) is 6. The second-order valence-electron chi connectivity index (χ2n) is 7.82. The summed E-state index contributed by atoms with van der Waals surface area (Å²) in [6, 6.07) is 6.82. The van der Waals surface area contributed by atoms with Crippen molar-refractivity contribution >= 4 is 27.5 Å². The standard InChI is InChI=1S/C22H29N3O4S2/c1-2-3-7-16-10-12-18(13-11-16)31(28,29)19-14-23-22(25-21(19)27)30-15-20(26)24-17-8-5-4-6-9-17/h10-14,17H,2-9,15H2,1H3,(H,24,26)(H,23,25,27). The van der Waals surface area contributed by atoms with Gasteiger partial charge in [-0.1, -0.05) is 56.5 Å². The van der Waals surface area contributed by atoms with Crippen LogP contribution in [0.2, 0.25) is 0 Å². The predicted molar refractivity (Wildman–Crippen MR) is 121 cm³/mol. The van der Waals surface area contributed by atoms with Crippen LogP contribution in [0.15, 0.2) is 50.2 Å². The number of thioether (sulfide) groups is 1. The number of sulfone groups is 1. The molecule has 1 heterocycles. The van der Waals surface area contributed by atoms with E-state index in [0.717, 1.165) is 68.5 Å². The molecule has 1 aromatic heterocycles. The quantitative estimate of drug-likeness (QED) is 0.435. The highest BCUT2D eigenvalue weighted by Crippen LogP contribution is 2.21. The number of carbonyl (C=O) groups excluding carboxylic acids is 1. The average molecular weight is 464 g/mol. The molecule has 1 amide bonds. The second kappa shape index (κ2) is 10.9. The number of carbonyl (C=O) groups is 1. The lowest BCUT2D eigenvalue weighted by Gasteiger charge is -2.22. The van der Waals surface area contributed by atoms with Crippen LogP contribution < -0.4 is 10.9 Å². The second-order valence-corrected chi connectivity index (χ2v) is 10.7. The summed E-state index contributed by atoms with van der Waals surface area (Å²) < 4.78 is 25.7. The first kappa shape index (κ1) is 23.5. The summed E-state index contributed by atoms with van der Waals surface area (Å²) in [4.78, 5) is 30.8. The molecule has 0 aliphatic heterocycles. The van der Waals surface area contributed by atoms with E-state index < -0.39 is 20.3 Å². The Morgan fingerprint density at radius 1 is 1.19 bits per heavy atom. The maximum atomic E-state index is 12.8. The van der Waals surface area contributed by atoms with Crippen LogP contribution in [-0.4, -0.2) is 36.1 Å². The first-order valence-corrected chi connectivity index (χ1v) is 13.2. The highest BCUT2D eigenvalue weighted by atomic mass is 32.2. The number of amides is 1. The van der Waals surface area contributed by atoms with E-state index in [1.165, 1.54) is 18.6 Å². The van der Waals surface area contributed by atoms with E-state index >= 15 is 0 Å². The summed E-state index contributed by atoms with van der Waals surface area (Å²) in [6.45, 7) is 2.10. The van der Waals surface area contributed by atoms with Gasteiger partial charge in [-0.05, 0) is 43.4 Å². The van der Waals surface area contributed by atoms with E-state index in [4.69, 9.17) is 0 Å². The lowest BCUT2D eigenvalue weighted by atomic mass is 9.95. The van der Waals surface area contributed by atoms with E-state index in [-0.39, 0.29) is 27.8 Å². The molecule has 1 fully saturated rings. The average Bonchev–Trinajstić information content (AvgIpc) is 2.77. The van der Waals surface area contributed by atoms with Crippen molar-refractivity contribution in [1.29, 1.82) is 0 Å². The number of H-pyrrole nitrogens is 1. The van der Waals surface area contributed by atoms with Crippen molar-refractivity contribution in [2.24, 2.45) is 0 Å². The minimum absolute atomic E-state index is 0.0623. The van der Waals surface area contributed by atoms with E-state index in [9.17, 15) is 18.0 Å². The molecule has 0 spiro atoms. The number of hydrogen-bond donors (Lipinski definition) is 2. The number of unbranched alkanes of at least 4 members (excludes halogenated alkanes) is 1. The fourth-order valence-corrected chi connectivity index (χ4v) is 5.50. The van der Waals surface area contributed by atoms with Gasteiger partial charge in [0.25, 0.3) is 5.56 Å². The zero-order valence-electron chi connectivity index (χ0n) is 17.7. The van der Waals surface area contributed by atoms with Crippen LogP contribution in [0.5, 0.6) is 0 Å². The normalized spacial score (nSPS) is 15.0. The number of aromatic nitrogens is 2. The molecule has 3 rings (SSSR count). The van der Waals surface area contributed by atoms with E-state index in [1.807, 2.05) is 0 Å². The van der Waals surface area contributed by atoms with Gasteiger partial charge in [0.05, 0.1) is 16.8 Å². The number of rotatable bonds is 9. The molecule has 31 heavy (non-hydrogen) atoms. The van der Waals surface area contributed by atoms with E-state index in [1.54, 1.807) is 12.1 Å². The fraction of sp³-hybridized carbons (Fsp3) is 0.500. The molecular weight excluding hydrogens is 434 g/mol. The summed E-state index contributed by atoms with van der Waals surface area (Å²) in [5.41, 5.74) is 0.325. The topological polar surface area (TPSA) is 109 Å². The van der Waals surface area contributed by atoms with Crippen LogP contribution in [0.1, 0.15) is 57.4 Å². The molecule has 0 radical (unpaired) electrons. The van der Waals surface area contributed by atoms with Gasteiger partial charge in [0.15, 0.2) is 10.1 Å². The van der Waals surface area contributed by atoms with Crippen LogP contribution in [0, 0.1) is 0 Å². The molecule has 1 aromatic carbocycles. The summed E-state index contributed by atoms with van der Waals surface area (Å²) in [5.74, 6) is 0.00417. The Morgan fingerprint density at radius 2 is 1.90 bits per heavy atom. The largest absolute Gasteiger partial charge is 0.353 e. The molecule has 0 atom stereocenters. The van der Waals surface area contributed by atoms with Gasteiger partial charge >= 0.3 is 0 Å². The van der Waals surface area contributed by atoms with Crippen LogP contribution in [-0.2, 0) is 21.1 Å². The Morgan fingerprint density at radius 3 is 2.55 bits per heavy atom. The minimum Gasteiger partial charge on any atom is -0.353 e. The number of nitrogens with one attached hydrogen (secondary N) is 2. The number of benzene rings is 1. The number of nitrogens with zero attached hydrogens (tertiary/aromatic N) is 1. The highest BCUT2D eigenvalue weighted by molar-refractivity contribution is 7.99. The maximum absolute atomic E-state index is 12.8. The molecule has 168 valence electrons. The van der Waals surface area contributed by atoms with Crippen molar-refractivity contribution in [3.05, 3.63) is 46.4 Å². The SMILES string of the molecule is CCCCc1ccc(S(=O)(=O)c2cnc(SCC(=O)NC3CCCCC3)[nH]c2=O)cc1. The van der Waals surface area contributed by atoms with Crippen molar-refractivity contribution < 1.29 is 13.2 Å². The lowest BCUT2D eigenvalue weighted by molar-refractivity contribution is -0.119. The van der Waals surface area contributed by atoms with Gasteiger partial charge in [-0.25, -0.2) is 13.4 Å². The zero-order chi connectivity index (χ0) is 22.3. The Balaban J connectivity index is 1.64. The van der Waals surface area contributed by atoms with Crippen LogP contribution >= 0.6 is 11.8 Å². The van der Waals surface area contributed by atoms with E-state index in [0.29, 0.717) is 0 Å². The molecule has 7 nitrogen and oxygen atoms in total. The predicted octanol–water partition coefficient (Wildman–Crippen LogP) is 3.49. The van der Waals surface area contributed by atoms with Crippen molar-refractivity contribution in [2.75, 3.05) is 5.75 Å². The Hall–Kier alpha value is -2.13. The summed E-state index contributed by atoms with van der Waals surface area (Å²) >= 11 is 1.08. The number of aryl methyl sites for hydroxylation is 1. The molecule has 0 bridgehead atoms. The van der Waals surface area contributed by atoms with Gasteiger partial charge in [0.2, 0.25) is 15.7 Å². The van der Waals surface area contributed by atoms with Crippen LogP contribution in [0.25, 0.3) is 0 Å². The highest BCUT2D eigenvalue weighted by Gasteiger charge is 2.22. The third-order valence-electron chi connectivity index (χ3n) is 5.40. The van der Waals surface area contributed by atoms with Crippen LogP contribution in [0.4, 0.5) is 0 Å². The van der Waals surface area contributed by atoms with Gasteiger partial charge in [0.1, 0.15) is 0 Å². The molecular formula is C22H29N3O4S2. The third-order valence-corrected chi connectivity index (χ3v) is 8.05. The zero-order valence-corrected chi connectivity index (χ0v) is 19.4. The Kier molecular flexibility index (Phi) is 8.31. The van der Waals surface area contributed by atoms with Crippen molar-refractivity contribution in [1.82, 2.24) is 15.3 Å². The van der Waals surface area contributed by atoms with Gasteiger partial charge in [-0.2, -0.15) is 0 Å². The van der Waals surface area contributed by atoms with Crippen molar-refractivity contribution in [2.45, 2.75) is 79.3 Å². The van der Waals surface area contributed by atoms with Gasteiger partial charge in [0, 0.05) is 6.04 Å². The fourth-order valence-electron chi connectivity index (χ4n) is 3.62. The Bertz CT molecular complexity index is 1040. The molecule has 2 aromatic rings. The summed E-state index contributed by atoms with van der Waals surface area (Å²) in [6.07, 6.45) is 9.52. The van der Waals surface area contributed by atoms with Gasteiger partial charge in [-0.3, -0.25) is 9.59 Å². The molecule has 1 aliphatic rings. The molecule has 0 unspecified atom stereocenters. The molecule has 1 aliphatic carbocycles. The maximum Gasteiger partial charge on any atom is 0.270 e. The molecule has 1 saturated carbocycles. The summed E-state index contributed by atoms with van der Waals surface area (Å²) in [7, 11) is -3.97. The lowest BCUT2D eigenvalue weighted by Crippen LogP contribution is -2.37.